The SMILES string of the molecule is CC(=O)O[C@H]1CCC2(C)C(=CCC3C2CCC2(C)C(C(C)CCCC(C)C)CCC32)C1. The summed E-state index contributed by atoms with van der Waals surface area (Å²) in [5.41, 5.74) is 2.53. The zero-order chi connectivity index (χ0) is 22.4. The van der Waals surface area contributed by atoms with Crippen molar-refractivity contribution >= 4 is 5.97 Å². The van der Waals surface area contributed by atoms with Gasteiger partial charge < -0.3 is 4.74 Å². The first-order chi connectivity index (χ1) is 14.6. The number of carbonyl (C=O) groups excluding carboxylic acids is 1. The van der Waals surface area contributed by atoms with E-state index in [1.807, 2.05) is 0 Å². The Morgan fingerprint density at radius 2 is 1.84 bits per heavy atom. The van der Waals surface area contributed by atoms with Gasteiger partial charge in [0.25, 0.3) is 0 Å². The Morgan fingerprint density at radius 1 is 1.06 bits per heavy atom. The van der Waals surface area contributed by atoms with Crippen LogP contribution in [-0.4, -0.2) is 12.1 Å². The van der Waals surface area contributed by atoms with Crippen LogP contribution in [0.2, 0.25) is 0 Å². The summed E-state index contributed by atoms with van der Waals surface area (Å²) in [6, 6.07) is 0. The second-order valence-corrected chi connectivity index (χ2v) is 12.8. The Bertz CT molecular complexity index is 693. The number of hydrogen-bond donors (Lipinski definition) is 0. The van der Waals surface area contributed by atoms with E-state index < -0.39 is 0 Å². The molecule has 0 amide bonds. The molecule has 0 heterocycles. The van der Waals surface area contributed by atoms with Gasteiger partial charge in [-0.05, 0) is 91.3 Å². The molecule has 31 heavy (non-hydrogen) atoms. The van der Waals surface area contributed by atoms with Crippen molar-refractivity contribution < 1.29 is 9.53 Å². The van der Waals surface area contributed by atoms with E-state index in [4.69, 9.17) is 4.74 Å². The number of ether oxygens (including phenoxy) is 1. The van der Waals surface area contributed by atoms with Crippen molar-refractivity contribution in [2.75, 3.05) is 0 Å². The summed E-state index contributed by atoms with van der Waals surface area (Å²) < 4.78 is 5.61. The number of esters is 1. The molecule has 0 aromatic rings. The predicted octanol–water partition coefficient (Wildman–Crippen LogP) is 7.96. The number of rotatable bonds is 6. The van der Waals surface area contributed by atoms with E-state index in [1.165, 1.54) is 57.8 Å². The molecule has 0 saturated heterocycles. The van der Waals surface area contributed by atoms with E-state index in [1.54, 1.807) is 12.5 Å². The Kier molecular flexibility index (Phi) is 6.68. The first-order valence-corrected chi connectivity index (χ1v) is 13.5. The summed E-state index contributed by atoms with van der Waals surface area (Å²) in [5, 5.41) is 0. The number of allylic oxidation sites excluding steroid dienone is 1. The Balaban J connectivity index is 1.47. The van der Waals surface area contributed by atoms with Crippen LogP contribution >= 0.6 is 0 Å². The van der Waals surface area contributed by atoms with Gasteiger partial charge in [-0.25, -0.2) is 0 Å². The fourth-order valence-corrected chi connectivity index (χ4v) is 8.99. The minimum atomic E-state index is -0.115. The highest BCUT2D eigenvalue weighted by atomic mass is 16.5. The second kappa shape index (κ2) is 8.86. The smallest absolute Gasteiger partial charge is 0.302 e. The van der Waals surface area contributed by atoms with Crippen LogP contribution in [0.1, 0.15) is 112 Å². The van der Waals surface area contributed by atoms with Crippen molar-refractivity contribution in [3.05, 3.63) is 11.6 Å². The molecule has 0 N–H and O–H groups in total. The molecular weight excluding hydrogens is 380 g/mol. The van der Waals surface area contributed by atoms with Gasteiger partial charge in [-0.15, -0.1) is 0 Å². The largest absolute Gasteiger partial charge is 0.462 e. The summed E-state index contributed by atoms with van der Waals surface area (Å²) in [6.45, 7) is 14.1. The predicted molar refractivity (Wildman–Crippen MR) is 129 cm³/mol. The van der Waals surface area contributed by atoms with Gasteiger partial charge in [0.1, 0.15) is 6.10 Å². The van der Waals surface area contributed by atoms with Crippen LogP contribution < -0.4 is 0 Å². The maximum absolute atomic E-state index is 11.5. The molecule has 176 valence electrons. The van der Waals surface area contributed by atoms with Gasteiger partial charge in [0.15, 0.2) is 0 Å². The molecule has 0 aliphatic heterocycles. The van der Waals surface area contributed by atoms with Crippen molar-refractivity contribution in [3.8, 4) is 0 Å². The second-order valence-electron chi connectivity index (χ2n) is 12.8. The van der Waals surface area contributed by atoms with Crippen molar-refractivity contribution in [2.45, 2.75) is 118 Å². The molecule has 2 heteroatoms. The highest BCUT2D eigenvalue weighted by Gasteiger charge is 2.59. The fraction of sp³-hybridized carbons (Fsp3) is 0.897. The van der Waals surface area contributed by atoms with E-state index >= 15 is 0 Å². The van der Waals surface area contributed by atoms with Crippen LogP contribution in [0.15, 0.2) is 11.6 Å². The maximum atomic E-state index is 11.5. The highest BCUT2D eigenvalue weighted by molar-refractivity contribution is 5.66. The lowest BCUT2D eigenvalue weighted by Crippen LogP contribution is -2.51. The van der Waals surface area contributed by atoms with Gasteiger partial charge in [0.2, 0.25) is 0 Å². The standard InChI is InChI=1S/C29H48O2/c1-19(2)8-7-9-20(3)25-12-13-26-24-11-10-22-18-23(31-21(4)30)14-16-28(22,5)27(24)15-17-29(25,26)6/h10,19-20,23-27H,7-9,11-18H2,1-6H3/t20?,23-,24?,25?,26?,27?,28?,29?/m0/s1. The highest BCUT2D eigenvalue weighted by Crippen LogP contribution is 2.67. The summed E-state index contributed by atoms with van der Waals surface area (Å²) in [7, 11) is 0. The van der Waals surface area contributed by atoms with Crippen LogP contribution in [0.4, 0.5) is 0 Å². The van der Waals surface area contributed by atoms with Crippen LogP contribution in [0.25, 0.3) is 0 Å². The third-order valence-electron chi connectivity index (χ3n) is 10.6. The maximum Gasteiger partial charge on any atom is 0.302 e. The average Bonchev–Trinajstić information content (AvgIpc) is 3.05. The minimum Gasteiger partial charge on any atom is -0.462 e. The van der Waals surface area contributed by atoms with Crippen molar-refractivity contribution in [1.82, 2.24) is 0 Å². The summed E-state index contributed by atoms with van der Waals surface area (Å²) >= 11 is 0. The molecule has 4 aliphatic rings. The average molecular weight is 429 g/mol. The number of carbonyl (C=O) groups is 1. The zero-order valence-electron chi connectivity index (χ0n) is 21.2. The van der Waals surface area contributed by atoms with E-state index in [-0.39, 0.29) is 12.1 Å². The van der Waals surface area contributed by atoms with Crippen LogP contribution in [-0.2, 0) is 9.53 Å². The molecule has 0 spiro atoms. The van der Waals surface area contributed by atoms with Crippen LogP contribution in [0.3, 0.4) is 0 Å². The summed E-state index contributed by atoms with van der Waals surface area (Å²) in [6.07, 6.45) is 17.2. The third kappa shape index (κ3) is 4.26. The molecule has 0 aromatic carbocycles. The van der Waals surface area contributed by atoms with Crippen LogP contribution in [0, 0.1) is 46.3 Å². The minimum absolute atomic E-state index is 0.115. The Labute approximate surface area is 192 Å². The molecule has 3 saturated carbocycles. The Hall–Kier alpha value is -0.790. The van der Waals surface area contributed by atoms with Gasteiger partial charge in [0.05, 0.1) is 0 Å². The van der Waals surface area contributed by atoms with Crippen molar-refractivity contribution in [2.24, 2.45) is 46.3 Å². The lowest BCUT2D eigenvalue weighted by molar-refractivity contribution is -0.148. The van der Waals surface area contributed by atoms with Crippen molar-refractivity contribution in [1.29, 1.82) is 0 Å². The zero-order valence-corrected chi connectivity index (χ0v) is 21.2. The van der Waals surface area contributed by atoms with Crippen molar-refractivity contribution in [3.63, 3.8) is 0 Å². The Morgan fingerprint density at radius 3 is 2.55 bits per heavy atom. The first-order valence-electron chi connectivity index (χ1n) is 13.5. The van der Waals surface area contributed by atoms with Gasteiger partial charge in [0, 0.05) is 13.3 Å². The molecule has 4 aliphatic carbocycles. The molecule has 7 unspecified atom stereocenters. The van der Waals surface area contributed by atoms with E-state index in [0.29, 0.717) is 10.8 Å². The van der Waals surface area contributed by atoms with Gasteiger partial charge in [-0.3, -0.25) is 4.79 Å². The topological polar surface area (TPSA) is 26.3 Å². The lowest BCUT2D eigenvalue weighted by Gasteiger charge is -2.58. The van der Waals surface area contributed by atoms with Gasteiger partial charge in [-0.2, -0.15) is 0 Å². The fourth-order valence-electron chi connectivity index (χ4n) is 8.99. The molecule has 0 radical (unpaired) electrons. The lowest BCUT2D eigenvalue weighted by atomic mass is 9.47. The molecular formula is C29H48O2. The molecule has 4 rings (SSSR count). The van der Waals surface area contributed by atoms with E-state index in [0.717, 1.165) is 48.3 Å². The number of hydrogen-bond acceptors (Lipinski definition) is 2. The van der Waals surface area contributed by atoms with E-state index in [9.17, 15) is 4.79 Å². The molecule has 3 fully saturated rings. The van der Waals surface area contributed by atoms with Crippen LogP contribution in [0.5, 0.6) is 0 Å². The third-order valence-corrected chi connectivity index (χ3v) is 10.6. The van der Waals surface area contributed by atoms with E-state index in [2.05, 4.69) is 40.7 Å². The molecule has 2 nitrogen and oxygen atoms in total. The summed E-state index contributed by atoms with van der Waals surface area (Å²) in [5.74, 6) is 5.19. The quantitative estimate of drug-likeness (QED) is 0.317. The van der Waals surface area contributed by atoms with Gasteiger partial charge in [-0.1, -0.05) is 65.5 Å². The summed E-state index contributed by atoms with van der Waals surface area (Å²) in [4.78, 5) is 11.5. The monoisotopic (exact) mass is 428 g/mol. The molecule has 0 aromatic heterocycles. The first kappa shape index (κ1) is 23.4. The van der Waals surface area contributed by atoms with Gasteiger partial charge >= 0.3 is 5.97 Å². The molecule has 8 atom stereocenters. The normalized spacial score (nSPS) is 42.9. The number of fused-ring (bicyclic) bond motifs is 5. The molecule has 0 bridgehead atoms.